The first-order valence-corrected chi connectivity index (χ1v) is 6.10. The first-order chi connectivity index (χ1) is 8.22. The van der Waals surface area contributed by atoms with E-state index in [0.717, 1.165) is 12.8 Å². The smallest absolute Gasteiger partial charge is 0.169 e. The Morgan fingerprint density at radius 2 is 2.06 bits per heavy atom. The van der Waals surface area contributed by atoms with Crippen molar-refractivity contribution in [2.45, 2.75) is 19.3 Å². The zero-order chi connectivity index (χ0) is 12.0. The third kappa shape index (κ3) is 1.65. The predicted octanol–water partition coefficient (Wildman–Crippen LogP) is 3.06. The number of fused-ring (bicyclic) bond motifs is 1. The molecule has 2 unspecified atom stereocenters. The van der Waals surface area contributed by atoms with Gasteiger partial charge in [-0.05, 0) is 36.8 Å². The Morgan fingerprint density at radius 3 is 2.65 bits per heavy atom. The van der Waals surface area contributed by atoms with Crippen molar-refractivity contribution < 1.29 is 13.9 Å². The van der Waals surface area contributed by atoms with Gasteiger partial charge in [0.15, 0.2) is 5.78 Å². The van der Waals surface area contributed by atoms with E-state index in [0.29, 0.717) is 17.6 Å². The van der Waals surface area contributed by atoms with Crippen LogP contribution in [0.2, 0.25) is 0 Å². The first-order valence-electron chi connectivity index (χ1n) is 6.10. The van der Waals surface area contributed by atoms with Gasteiger partial charge in [-0.3, -0.25) is 4.79 Å². The summed E-state index contributed by atoms with van der Waals surface area (Å²) in [6, 6.07) is 4.48. The number of hydrogen-bond donors (Lipinski definition) is 0. The molecular formula is C14H15FO2. The number of methoxy groups -OCH3 is 1. The molecule has 0 bridgehead atoms. The molecule has 3 rings (SSSR count). The van der Waals surface area contributed by atoms with Crippen LogP contribution < -0.4 is 4.74 Å². The maximum absolute atomic E-state index is 13.8. The third-order valence-electron chi connectivity index (χ3n) is 4.15. The van der Waals surface area contributed by atoms with Crippen LogP contribution in [0.15, 0.2) is 18.2 Å². The van der Waals surface area contributed by atoms with E-state index in [2.05, 4.69) is 0 Å². The van der Waals surface area contributed by atoms with Crippen LogP contribution in [-0.4, -0.2) is 12.9 Å². The summed E-state index contributed by atoms with van der Waals surface area (Å²) < 4.78 is 18.7. The predicted molar refractivity (Wildman–Crippen MR) is 61.6 cm³/mol. The number of Topliss-reactive ketones (excluding diaryl/α,β-unsaturated/α-hetero) is 1. The van der Waals surface area contributed by atoms with E-state index in [-0.39, 0.29) is 17.3 Å². The summed E-state index contributed by atoms with van der Waals surface area (Å²) >= 11 is 0. The van der Waals surface area contributed by atoms with Gasteiger partial charge in [0.25, 0.3) is 0 Å². The van der Waals surface area contributed by atoms with Gasteiger partial charge in [-0.2, -0.15) is 0 Å². The Labute approximate surface area is 99.8 Å². The number of hydrogen-bond acceptors (Lipinski definition) is 2. The highest BCUT2D eigenvalue weighted by Gasteiger charge is 2.56. The SMILES string of the molecule is COc1ccc(C(=O)C2C3CCCC32)c(F)c1. The monoisotopic (exact) mass is 234 g/mol. The van der Waals surface area contributed by atoms with Crippen LogP contribution in [0.3, 0.4) is 0 Å². The molecule has 17 heavy (non-hydrogen) atoms. The molecule has 2 nitrogen and oxygen atoms in total. The Morgan fingerprint density at radius 1 is 1.35 bits per heavy atom. The summed E-state index contributed by atoms with van der Waals surface area (Å²) in [7, 11) is 1.49. The average Bonchev–Trinajstić information content (AvgIpc) is 2.81. The molecule has 0 amide bonds. The lowest BCUT2D eigenvalue weighted by atomic mass is 10.0. The van der Waals surface area contributed by atoms with E-state index >= 15 is 0 Å². The number of halogens is 1. The van der Waals surface area contributed by atoms with E-state index < -0.39 is 5.82 Å². The van der Waals surface area contributed by atoms with Crippen LogP contribution in [0, 0.1) is 23.6 Å². The van der Waals surface area contributed by atoms with E-state index in [1.807, 2.05) is 0 Å². The molecule has 2 fully saturated rings. The molecule has 0 heterocycles. The standard InChI is InChI=1S/C14H15FO2/c1-17-8-5-6-11(12(15)7-8)14(16)13-9-3-2-4-10(9)13/h5-7,9-10,13H,2-4H2,1H3. The topological polar surface area (TPSA) is 26.3 Å². The van der Waals surface area contributed by atoms with E-state index in [4.69, 9.17) is 4.74 Å². The maximum Gasteiger partial charge on any atom is 0.169 e. The van der Waals surface area contributed by atoms with Crippen LogP contribution in [-0.2, 0) is 0 Å². The zero-order valence-corrected chi connectivity index (χ0v) is 9.78. The highest BCUT2D eigenvalue weighted by atomic mass is 19.1. The van der Waals surface area contributed by atoms with Crippen molar-refractivity contribution in [2.24, 2.45) is 17.8 Å². The minimum absolute atomic E-state index is 0.0140. The molecule has 3 heteroatoms. The summed E-state index contributed by atoms with van der Waals surface area (Å²) in [5, 5.41) is 0. The lowest BCUT2D eigenvalue weighted by molar-refractivity contribution is 0.0947. The lowest BCUT2D eigenvalue weighted by Crippen LogP contribution is -2.08. The molecule has 2 saturated carbocycles. The number of carbonyl (C=O) groups is 1. The summed E-state index contributed by atoms with van der Waals surface area (Å²) in [4.78, 5) is 12.2. The maximum atomic E-state index is 13.8. The van der Waals surface area contributed by atoms with Gasteiger partial charge in [-0.1, -0.05) is 6.42 Å². The molecule has 0 spiro atoms. The summed E-state index contributed by atoms with van der Waals surface area (Å²) in [5.41, 5.74) is 0.227. The number of ketones is 1. The van der Waals surface area contributed by atoms with E-state index in [1.165, 1.54) is 19.6 Å². The van der Waals surface area contributed by atoms with Gasteiger partial charge in [0.2, 0.25) is 0 Å². The van der Waals surface area contributed by atoms with Crippen LogP contribution in [0.1, 0.15) is 29.6 Å². The van der Waals surface area contributed by atoms with Crippen molar-refractivity contribution in [2.75, 3.05) is 7.11 Å². The summed E-state index contributed by atoms with van der Waals surface area (Å²) in [5.74, 6) is 1.13. The second kappa shape index (κ2) is 3.83. The van der Waals surface area contributed by atoms with E-state index in [1.54, 1.807) is 12.1 Å². The van der Waals surface area contributed by atoms with Crippen molar-refractivity contribution in [3.63, 3.8) is 0 Å². The molecule has 0 aromatic heterocycles. The van der Waals surface area contributed by atoms with Gasteiger partial charge < -0.3 is 4.74 Å². The lowest BCUT2D eigenvalue weighted by Gasteiger charge is -2.06. The van der Waals surface area contributed by atoms with Crippen molar-refractivity contribution >= 4 is 5.78 Å². The summed E-state index contributed by atoms with van der Waals surface area (Å²) in [6.45, 7) is 0. The van der Waals surface area contributed by atoms with Crippen LogP contribution in [0.25, 0.3) is 0 Å². The molecule has 1 aromatic carbocycles. The number of carbonyl (C=O) groups excluding carboxylic acids is 1. The highest BCUT2D eigenvalue weighted by Crippen LogP contribution is 2.58. The van der Waals surface area contributed by atoms with Crippen molar-refractivity contribution in [3.8, 4) is 5.75 Å². The number of ether oxygens (including phenoxy) is 1. The molecule has 0 radical (unpaired) electrons. The number of rotatable bonds is 3. The van der Waals surface area contributed by atoms with Gasteiger partial charge in [-0.15, -0.1) is 0 Å². The Kier molecular flexibility index (Phi) is 2.42. The second-order valence-electron chi connectivity index (χ2n) is 4.99. The molecule has 0 saturated heterocycles. The fourth-order valence-corrected chi connectivity index (χ4v) is 3.21. The largest absolute Gasteiger partial charge is 0.497 e. The normalized spacial score (nSPS) is 29.9. The van der Waals surface area contributed by atoms with Gasteiger partial charge >= 0.3 is 0 Å². The Hall–Kier alpha value is -1.38. The molecule has 2 aliphatic carbocycles. The van der Waals surface area contributed by atoms with Crippen molar-refractivity contribution in [1.82, 2.24) is 0 Å². The van der Waals surface area contributed by atoms with Crippen molar-refractivity contribution in [1.29, 1.82) is 0 Å². The summed E-state index contributed by atoms with van der Waals surface area (Å²) in [6.07, 6.45) is 3.50. The quantitative estimate of drug-likeness (QED) is 0.751. The molecule has 90 valence electrons. The van der Waals surface area contributed by atoms with Gasteiger partial charge in [0, 0.05) is 12.0 Å². The molecular weight excluding hydrogens is 219 g/mol. The fraction of sp³-hybridized carbons (Fsp3) is 0.500. The molecule has 2 atom stereocenters. The molecule has 0 N–H and O–H groups in total. The fourth-order valence-electron chi connectivity index (χ4n) is 3.21. The molecule has 1 aromatic rings. The minimum Gasteiger partial charge on any atom is -0.497 e. The second-order valence-corrected chi connectivity index (χ2v) is 4.99. The van der Waals surface area contributed by atoms with Crippen LogP contribution >= 0.6 is 0 Å². The zero-order valence-electron chi connectivity index (χ0n) is 9.78. The number of benzene rings is 1. The van der Waals surface area contributed by atoms with Crippen molar-refractivity contribution in [3.05, 3.63) is 29.6 Å². The highest BCUT2D eigenvalue weighted by molar-refractivity contribution is 6.00. The van der Waals surface area contributed by atoms with Crippen LogP contribution in [0.4, 0.5) is 4.39 Å². The Balaban J connectivity index is 1.82. The van der Waals surface area contributed by atoms with Gasteiger partial charge in [-0.25, -0.2) is 4.39 Å². The average molecular weight is 234 g/mol. The first kappa shape index (κ1) is 10.8. The molecule has 2 aliphatic rings. The van der Waals surface area contributed by atoms with Gasteiger partial charge in [0.1, 0.15) is 11.6 Å². The third-order valence-corrected chi connectivity index (χ3v) is 4.15. The molecule has 0 aliphatic heterocycles. The van der Waals surface area contributed by atoms with Gasteiger partial charge in [0.05, 0.1) is 12.7 Å². The van der Waals surface area contributed by atoms with E-state index in [9.17, 15) is 9.18 Å². The van der Waals surface area contributed by atoms with Crippen LogP contribution in [0.5, 0.6) is 5.75 Å². The Bertz CT molecular complexity index is 459. The minimum atomic E-state index is -0.459.